The van der Waals surface area contributed by atoms with Gasteiger partial charge in [-0.3, -0.25) is 14.3 Å². The molecule has 53 heavy (non-hydrogen) atoms. The molecule has 7 rings (SSSR count). The zero-order valence-electron chi connectivity index (χ0n) is 29.2. The second-order valence-corrected chi connectivity index (χ2v) is 12.7. The summed E-state index contributed by atoms with van der Waals surface area (Å²) < 4.78 is 62.7. The first kappa shape index (κ1) is 35.5. The fraction of sp³-hybridized carbons (Fsp3) is 0.324. The van der Waals surface area contributed by atoms with Crippen LogP contribution in [0.3, 0.4) is 0 Å². The molecule has 5 aromatic rings. The molecule has 3 aromatic heterocycles. The molecule has 1 fully saturated rings. The number of carbonyl (C=O) groups excluding carboxylic acids is 2. The van der Waals surface area contributed by atoms with Crippen LogP contribution in [0, 0.1) is 17.5 Å². The Labute approximate surface area is 302 Å². The molecular weight excluding hydrogens is 693 g/mol. The van der Waals surface area contributed by atoms with Crippen LogP contribution in [0.4, 0.5) is 19.0 Å². The summed E-state index contributed by atoms with van der Waals surface area (Å²) in [7, 11) is 2.88. The summed E-state index contributed by atoms with van der Waals surface area (Å²) >= 11 is 0. The minimum absolute atomic E-state index is 0.0808. The van der Waals surface area contributed by atoms with Crippen molar-refractivity contribution in [2.45, 2.75) is 19.4 Å². The number of carbonyl (C=O) groups is 2. The van der Waals surface area contributed by atoms with Gasteiger partial charge in [-0.1, -0.05) is 11.3 Å². The predicted molar refractivity (Wildman–Crippen MR) is 189 cm³/mol. The van der Waals surface area contributed by atoms with Gasteiger partial charge in [0.25, 0.3) is 5.91 Å². The molecule has 1 saturated heterocycles. The Morgan fingerprint density at radius 3 is 2.47 bits per heavy atom. The number of nitrogens with one attached hydrogen (secondary N) is 1. The molecule has 0 unspecified atom stereocenters. The Hall–Kier alpha value is -5.90. The molecule has 13 nitrogen and oxygen atoms in total. The highest BCUT2D eigenvalue weighted by Gasteiger charge is 2.29. The molecule has 16 heteroatoms. The SMILES string of the molecule is COCOc1cc(F)ccc1-c1cc(C2=CCCN(C(=O)CCn3ccnn3)C2)c(F)c2[nH]c(C(=O)N3CCN(c4ncc(F)cc4OC)CC3)cc12. The van der Waals surface area contributed by atoms with E-state index in [1.54, 1.807) is 39.0 Å². The number of methoxy groups -OCH3 is 2. The number of nitrogens with zero attached hydrogens (tertiary/aromatic N) is 7. The molecular formula is C37H37F3N8O5. The summed E-state index contributed by atoms with van der Waals surface area (Å²) in [6.07, 6.45) is 6.95. The Morgan fingerprint density at radius 1 is 0.906 bits per heavy atom. The normalized spacial score (nSPS) is 14.8. The van der Waals surface area contributed by atoms with Crippen molar-refractivity contribution in [2.75, 3.05) is 65.2 Å². The lowest BCUT2D eigenvalue weighted by Crippen LogP contribution is -2.49. The third-order valence-corrected chi connectivity index (χ3v) is 9.41. The fourth-order valence-electron chi connectivity index (χ4n) is 6.76. The van der Waals surface area contributed by atoms with E-state index in [0.29, 0.717) is 79.3 Å². The Bertz CT molecular complexity index is 2170. The van der Waals surface area contributed by atoms with Crippen LogP contribution in [-0.4, -0.2) is 107 Å². The van der Waals surface area contributed by atoms with Gasteiger partial charge in [-0.15, -0.1) is 5.10 Å². The highest BCUT2D eigenvalue weighted by Crippen LogP contribution is 2.41. The maximum absolute atomic E-state index is 16.8. The van der Waals surface area contributed by atoms with Crippen LogP contribution in [0.15, 0.2) is 61.1 Å². The number of anilines is 1. The lowest BCUT2D eigenvalue weighted by Gasteiger charge is -2.35. The van der Waals surface area contributed by atoms with Gasteiger partial charge in [-0.25, -0.2) is 18.2 Å². The number of hydrogen-bond donors (Lipinski definition) is 1. The number of benzene rings is 2. The van der Waals surface area contributed by atoms with Gasteiger partial charge in [-0.05, 0) is 41.8 Å². The quantitative estimate of drug-likeness (QED) is 0.189. The van der Waals surface area contributed by atoms with Crippen molar-refractivity contribution >= 4 is 34.1 Å². The first-order valence-corrected chi connectivity index (χ1v) is 17.1. The number of pyridine rings is 1. The van der Waals surface area contributed by atoms with Crippen LogP contribution in [0.2, 0.25) is 0 Å². The minimum Gasteiger partial charge on any atom is -0.493 e. The third-order valence-electron chi connectivity index (χ3n) is 9.41. The fourth-order valence-corrected chi connectivity index (χ4v) is 6.76. The number of piperazine rings is 1. The second-order valence-electron chi connectivity index (χ2n) is 12.7. The van der Waals surface area contributed by atoms with E-state index in [2.05, 4.69) is 20.3 Å². The van der Waals surface area contributed by atoms with Crippen LogP contribution >= 0.6 is 0 Å². The van der Waals surface area contributed by atoms with Crippen molar-refractivity contribution in [3.8, 4) is 22.6 Å². The smallest absolute Gasteiger partial charge is 0.270 e. The van der Waals surface area contributed by atoms with Crippen LogP contribution in [0.1, 0.15) is 28.9 Å². The van der Waals surface area contributed by atoms with Gasteiger partial charge in [0.05, 0.1) is 31.6 Å². The molecule has 0 aliphatic carbocycles. The minimum atomic E-state index is -0.591. The van der Waals surface area contributed by atoms with Crippen molar-refractivity contribution in [1.82, 2.24) is 34.8 Å². The van der Waals surface area contributed by atoms with E-state index in [0.717, 1.165) is 6.20 Å². The van der Waals surface area contributed by atoms with Gasteiger partial charge in [0, 0.05) is 87.6 Å². The van der Waals surface area contributed by atoms with E-state index in [1.165, 1.54) is 38.5 Å². The molecule has 1 N–H and O–H groups in total. The first-order valence-electron chi connectivity index (χ1n) is 17.1. The molecule has 2 aliphatic rings. The van der Waals surface area contributed by atoms with Gasteiger partial charge in [0.15, 0.2) is 24.2 Å². The van der Waals surface area contributed by atoms with Crippen molar-refractivity contribution < 1.29 is 37.0 Å². The number of H-pyrrole nitrogens is 1. The summed E-state index contributed by atoms with van der Waals surface area (Å²) in [5.74, 6) is -1.16. The molecule has 0 bridgehead atoms. The number of fused-ring (bicyclic) bond motifs is 1. The number of halogens is 3. The van der Waals surface area contributed by atoms with E-state index in [1.807, 2.05) is 11.0 Å². The Kier molecular flexibility index (Phi) is 10.3. The van der Waals surface area contributed by atoms with Gasteiger partial charge in [0.2, 0.25) is 5.91 Å². The summed E-state index contributed by atoms with van der Waals surface area (Å²) in [5.41, 5.74) is 2.02. The predicted octanol–water partition coefficient (Wildman–Crippen LogP) is 4.90. The van der Waals surface area contributed by atoms with Crippen molar-refractivity contribution in [3.63, 3.8) is 0 Å². The Balaban J connectivity index is 1.21. The van der Waals surface area contributed by atoms with Crippen LogP contribution in [0.25, 0.3) is 27.6 Å². The molecule has 0 saturated carbocycles. The van der Waals surface area contributed by atoms with Crippen molar-refractivity contribution in [2.24, 2.45) is 0 Å². The number of rotatable bonds is 11. The lowest BCUT2D eigenvalue weighted by molar-refractivity contribution is -0.131. The standard InChI is InChI=1S/C37H37F3N8O5/c1-51-22-53-31-16-24(38)5-6-26(31)28-18-27(23-4-3-9-47(21-23)33(49)7-10-48-11-8-42-44-48)34(40)35-29(28)19-30(43-35)37(50)46-14-12-45(13-15-46)36-32(52-2)17-25(39)20-41-36/h4-6,8,11,16-20,43H,3,7,9-10,12-15,21-22H2,1-2H3. The van der Waals surface area contributed by atoms with E-state index in [4.69, 9.17) is 14.2 Å². The van der Waals surface area contributed by atoms with Crippen LogP contribution < -0.4 is 14.4 Å². The molecule has 276 valence electrons. The summed E-state index contributed by atoms with van der Waals surface area (Å²) in [4.78, 5) is 39.6. The monoisotopic (exact) mass is 730 g/mol. The zero-order chi connectivity index (χ0) is 37.1. The van der Waals surface area contributed by atoms with Gasteiger partial charge in [0.1, 0.15) is 23.1 Å². The summed E-state index contributed by atoms with van der Waals surface area (Å²) in [5, 5.41) is 8.08. The highest BCUT2D eigenvalue weighted by molar-refractivity contribution is 6.05. The maximum atomic E-state index is 16.8. The number of ether oxygens (including phenoxy) is 3. The number of hydrogen-bond acceptors (Lipinski definition) is 9. The number of aromatic nitrogens is 5. The molecule has 2 aromatic carbocycles. The van der Waals surface area contributed by atoms with Gasteiger partial charge < -0.3 is 33.9 Å². The largest absolute Gasteiger partial charge is 0.493 e. The topological polar surface area (TPSA) is 131 Å². The molecule has 2 amide bonds. The molecule has 5 heterocycles. The van der Waals surface area contributed by atoms with Crippen LogP contribution in [-0.2, 0) is 16.1 Å². The maximum Gasteiger partial charge on any atom is 0.270 e. The lowest BCUT2D eigenvalue weighted by atomic mass is 9.92. The summed E-state index contributed by atoms with van der Waals surface area (Å²) in [6, 6.07) is 8.55. The number of aromatic amines is 1. The van der Waals surface area contributed by atoms with E-state index >= 15 is 4.39 Å². The highest BCUT2D eigenvalue weighted by atomic mass is 19.1. The average Bonchev–Trinajstić information content (AvgIpc) is 3.88. The number of aryl methyl sites for hydroxylation is 1. The first-order chi connectivity index (χ1) is 25.7. The second kappa shape index (κ2) is 15.4. The van der Waals surface area contributed by atoms with E-state index < -0.39 is 17.5 Å². The third kappa shape index (κ3) is 7.40. The van der Waals surface area contributed by atoms with Gasteiger partial charge >= 0.3 is 0 Å². The number of amides is 2. The average molecular weight is 731 g/mol. The molecule has 0 spiro atoms. The molecule has 0 atom stereocenters. The Morgan fingerprint density at radius 2 is 1.72 bits per heavy atom. The van der Waals surface area contributed by atoms with E-state index in [-0.39, 0.29) is 54.1 Å². The molecule has 2 aliphatic heterocycles. The van der Waals surface area contributed by atoms with Crippen molar-refractivity contribution in [3.05, 3.63) is 89.8 Å². The molecule has 0 radical (unpaired) electrons. The van der Waals surface area contributed by atoms with E-state index in [9.17, 15) is 18.4 Å². The van der Waals surface area contributed by atoms with Crippen molar-refractivity contribution in [1.29, 1.82) is 0 Å². The van der Waals surface area contributed by atoms with Crippen LogP contribution in [0.5, 0.6) is 11.5 Å². The zero-order valence-corrected chi connectivity index (χ0v) is 29.2. The summed E-state index contributed by atoms with van der Waals surface area (Å²) in [6.45, 7) is 2.29. The van der Waals surface area contributed by atoms with Gasteiger partial charge in [-0.2, -0.15) is 0 Å².